The highest BCUT2D eigenvalue weighted by Crippen LogP contribution is 2.58. The molecule has 3 heterocycles. The van der Waals surface area contributed by atoms with E-state index >= 15 is 0 Å². The molecule has 0 amide bonds. The highest BCUT2D eigenvalue weighted by Gasteiger charge is 2.41. The summed E-state index contributed by atoms with van der Waals surface area (Å²) >= 11 is 1.94. The summed E-state index contributed by atoms with van der Waals surface area (Å²) in [6, 6.07) is 42.0. The molecule has 0 spiro atoms. The molecule has 198 valence electrons. The fourth-order valence-electron chi connectivity index (χ4n) is 7.80. The van der Waals surface area contributed by atoms with Crippen LogP contribution in [0.2, 0.25) is 0 Å². The summed E-state index contributed by atoms with van der Waals surface area (Å²) in [4.78, 5) is 0. The Labute approximate surface area is 246 Å². The lowest BCUT2D eigenvalue weighted by atomic mass is 9.81. The van der Waals surface area contributed by atoms with E-state index in [1.54, 1.807) is 0 Å². The zero-order valence-corrected chi connectivity index (χ0v) is 24.0. The molecule has 6 aromatic carbocycles. The van der Waals surface area contributed by atoms with E-state index in [2.05, 4.69) is 128 Å². The smallest absolute Gasteiger partial charge is 0.135 e. The van der Waals surface area contributed by atoms with Crippen LogP contribution in [0.15, 0.2) is 120 Å². The van der Waals surface area contributed by atoms with E-state index in [1.807, 2.05) is 17.4 Å². The number of hydrogen-bond donors (Lipinski definition) is 0. The van der Waals surface area contributed by atoms with Gasteiger partial charge in [0.05, 0.1) is 11.0 Å². The summed E-state index contributed by atoms with van der Waals surface area (Å²) in [5, 5.41) is 7.67. The second kappa shape index (κ2) is 7.70. The van der Waals surface area contributed by atoms with Gasteiger partial charge in [-0.15, -0.1) is 11.3 Å². The minimum absolute atomic E-state index is 0.160. The molecule has 0 fully saturated rings. The van der Waals surface area contributed by atoms with Gasteiger partial charge < -0.3 is 8.98 Å². The Morgan fingerprint density at radius 2 is 1.36 bits per heavy atom. The first kappa shape index (κ1) is 22.8. The van der Waals surface area contributed by atoms with Gasteiger partial charge in [-0.2, -0.15) is 0 Å². The normalized spacial score (nSPS) is 14.1. The standard InChI is InChI=1S/C39H25NOS/c1-39(2)28-15-7-3-12-24(28)35-36(39)37-33(34-26-14-6-10-18-32(26)42-38(34)35)25-13-4-8-16-29(25)40(37)22-19-20-31-27(21-22)23-11-5-9-17-30(23)41-31/h3-21H,1-2H3. The largest absolute Gasteiger partial charge is 0.456 e. The van der Waals surface area contributed by atoms with E-state index in [9.17, 15) is 0 Å². The molecule has 9 aromatic rings. The van der Waals surface area contributed by atoms with Crippen molar-refractivity contribution < 1.29 is 4.42 Å². The summed E-state index contributed by atoms with van der Waals surface area (Å²) in [5.74, 6) is 0. The SMILES string of the molecule is CC1(C)c2ccccc2-c2c1c1c(c3ccccc3n1-c1ccc3oc4ccccc4c3c1)c1c2sc2ccccc21. The van der Waals surface area contributed by atoms with E-state index in [4.69, 9.17) is 4.42 Å². The number of rotatable bonds is 1. The van der Waals surface area contributed by atoms with Crippen molar-refractivity contribution in [3.8, 4) is 16.8 Å². The Morgan fingerprint density at radius 3 is 2.26 bits per heavy atom. The second-order valence-electron chi connectivity index (χ2n) is 12.1. The van der Waals surface area contributed by atoms with Crippen LogP contribution in [0.5, 0.6) is 0 Å². The number of nitrogens with zero attached hydrogens (tertiary/aromatic N) is 1. The number of hydrogen-bond acceptors (Lipinski definition) is 2. The predicted molar refractivity (Wildman–Crippen MR) is 179 cm³/mol. The number of thiophene rings is 1. The van der Waals surface area contributed by atoms with Gasteiger partial charge in [0.2, 0.25) is 0 Å². The van der Waals surface area contributed by atoms with Gasteiger partial charge in [-0.25, -0.2) is 0 Å². The molecule has 1 aliphatic rings. The molecular formula is C39H25NOS. The van der Waals surface area contributed by atoms with Gasteiger partial charge in [0.25, 0.3) is 0 Å². The van der Waals surface area contributed by atoms with Gasteiger partial charge in [-0.05, 0) is 53.1 Å². The Balaban J connectivity index is 1.49. The molecule has 1 aliphatic carbocycles. The van der Waals surface area contributed by atoms with Crippen LogP contribution in [0.4, 0.5) is 0 Å². The molecule has 0 bridgehead atoms. The van der Waals surface area contributed by atoms with Gasteiger partial charge in [0, 0.05) is 58.4 Å². The summed E-state index contributed by atoms with van der Waals surface area (Å²) in [7, 11) is 0. The Morgan fingerprint density at radius 1 is 0.643 bits per heavy atom. The van der Waals surface area contributed by atoms with Crippen molar-refractivity contribution in [2.75, 3.05) is 0 Å². The topological polar surface area (TPSA) is 18.1 Å². The van der Waals surface area contributed by atoms with Crippen LogP contribution in [0.25, 0.3) is 80.7 Å². The van der Waals surface area contributed by atoms with Crippen LogP contribution >= 0.6 is 11.3 Å². The zero-order valence-electron chi connectivity index (χ0n) is 23.2. The summed E-state index contributed by atoms with van der Waals surface area (Å²) < 4.78 is 11.5. The third-order valence-corrected chi connectivity index (χ3v) is 10.7. The molecule has 0 unspecified atom stereocenters. The zero-order chi connectivity index (χ0) is 27.7. The lowest BCUT2D eigenvalue weighted by Crippen LogP contribution is -2.16. The van der Waals surface area contributed by atoms with Crippen molar-refractivity contribution in [1.82, 2.24) is 4.57 Å². The summed E-state index contributed by atoms with van der Waals surface area (Å²) in [5.41, 5.74) is 11.0. The number of furan rings is 1. The van der Waals surface area contributed by atoms with E-state index in [0.29, 0.717) is 0 Å². The van der Waals surface area contributed by atoms with Crippen LogP contribution in [0.3, 0.4) is 0 Å². The number of aromatic nitrogens is 1. The Kier molecular flexibility index (Phi) is 4.18. The third-order valence-electron chi connectivity index (χ3n) is 9.55. The molecule has 2 nitrogen and oxygen atoms in total. The minimum Gasteiger partial charge on any atom is -0.456 e. The highest BCUT2D eigenvalue weighted by molar-refractivity contribution is 7.26. The van der Waals surface area contributed by atoms with E-state index in [-0.39, 0.29) is 5.41 Å². The lowest BCUT2D eigenvalue weighted by molar-refractivity contribution is 0.664. The quantitative estimate of drug-likeness (QED) is 0.197. The first-order valence-electron chi connectivity index (χ1n) is 14.5. The summed E-state index contributed by atoms with van der Waals surface area (Å²) in [6.07, 6.45) is 0. The van der Waals surface area contributed by atoms with E-state index in [1.165, 1.54) is 64.2 Å². The van der Waals surface area contributed by atoms with Crippen molar-refractivity contribution >= 4 is 75.3 Å². The molecule has 3 heteroatoms. The maximum atomic E-state index is 6.24. The number of benzene rings is 6. The first-order chi connectivity index (χ1) is 20.6. The van der Waals surface area contributed by atoms with Crippen molar-refractivity contribution in [3.63, 3.8) is 0 Å². The third kappa shape index (κ3) is 2.66. The first-order valence-corrected chi connectivity index (χ1v) is 15.4. The predicted octanol–water partition coefficient (Wildman–Crippen LogP) is 11.4. The Bertz CT molecular complexity index is 2610. The average molecular weight is 556 g/mol. The second-order valence-corrected chi connectivity index (χ2v) is 13.1. The van der Waals surface area contributed by atoms with Gasteiger partial charge in [0.15, 0.2) is 0 Å². The average Bonchev–Trinajstić information content (AvgIpc) is 3.74. The van der Waals surface area contributed by atoms with Crippen molar-refractivity contribution in [1.29, 1.82) is 0 Å². The van der Waals surface area contributed by atoms with Crippen molar-refractivity contribution in [2.24, 2.45) is 0 Å². The van der Waals surface area contributed by atoms with Crippen molar-refractivity contribution in [2.45, 2.75) is 19.3 Å². The summed E-state index contributed by atoms with van der Waals surface area (Å²) in [6.45, 7) is 4.82. The maximum absolute atomic E-state index is 6.24. The molecule has 0 N–H and O–H groups in total. The Hall–Kier alpha value is -4.86. The van der Waals surface area contributed by atoms with Gasteiger partial charge in [-0.1, -0.05) is 92.7 Å². The molecule has 42 heavy (non-hydrogen) atoms. The van der Waals surface area contributed by atoms with Gasteiger partial charge in [0.1, 0.15) is 11.2 Å². The van der Waals surface area contributed by atoms with Crippen LogP contribution < -0.4 is 0 Å². The molecule has 0 saturated heterocycles. The molecular weight excluding hydrogens is 531 g/mol. The number of para-hydroxylation sites is 2. The molecule has 0 atom stereocenters. The molecule has 10 rings (SSSR count). The van der Waals surface area contributed by atoms with Crippen LogP contribution in [0.1, 0.15) is 25.0 Å². The molecule has 0 saturated carbocycles. The fourth-order valence-corrected chi connectivity index (χ4v) is 9.07. The molecule has 3 aromatic heterocycles. The van der Waals surface area contributed by atoms with Crippen LogP contribution in [-0.2, 0) is 5.41 Å². The fraction of sp³-hybridized carbons (Fsp3) is 0.0769. The maximum Gasteiger partial charge on any atom is 0.135 e. The highest BCUT2D eigenvalue weighted by atomic mass is 32.1. The van der Waals surface area contributed by atoms with Crippen LogP contribution in [0, 0.1) is 0 Å². The monoisotopic (exact) mass is 555 g/mol. The van der Waals surface area contributed by atoms with Gasteiger partial charge in [-0.3, -0.25) is 0 Å². The number of fused-ring (bicyclic) bond motifs is 15. The minimum atomic E-state index is -0.160. The molecule has 0 aliphatic heterocycles. The van der Waals surface area contributed by atoms with Crippen LogP contribution in [-0.4, -0.2) is 4.57 Å². The molecule has 0 radical (unpaired) electrons. The van der Waals surface area contributed by atoms with Gasteiger partial charge >= 0.3 is 0 Å². The lowest BCUT2D eigenvalue weighted by Gasteiger charge is -2.24. The van der Waals surface area contributed by atoms with E-state index < -0.39 is 0 Å². The van der Waals surface area contributed by atoms with Crippen molar-refractivity contribution in [3.05, 3.63) is 126 Å². The van der Waals surface area contributed by atoms with E-state index in [0.717, 1.165) is 27.6 Å².